The molecule has 0 fully saturated rings. The van der Waals surface area contributed by atoms with Gasteiger partial charge in [0.25, 0.3) is 0 Å². The van der Waals surface area contributed by atoms with Crippen LogP contribution in [-0.4, -0.2) is 36.0 Å². The van der Waals surface area contributed by atoms with Crippen LogP contribution in [-0.2, 0) is 23.9 Å². The lowest BCUT2D eigenvalue weighted by molar-refractivity contribution is -0.160. The molecule has 150 valence electrons. The number of methoxy groups -OCH3 is 2. The Morgan fingerprint density at radius 1 is 0.929 bits per heavy atom. The first-order valence-electron chi connectivity index (χ1n) is 9.03. The lowest BCUT2D eigenvalue weighted by Gasteiger charge is -2.26. The maximum Gasteiger partial charge on any atom is 0.320 e. The maximum absolute atomic E-state index is 12.8. The van der Waals surface area contributed by atoms with E-state index in [1.54, 1.807) is 0 Å². The Morgan fingerprint density at radius 2 is 1.50 bits per heavy atom. The Morgan fingerprint density at radius 3 is 2.07 bits per heavy atom. The van der Waals surface area contributed by atoms with Crippen LogP contribution >= 0.6 is 11.8 Å². The van der Waals surface area contributed by atoms with E-state index in [2.05, 4.69) is 0 Å². The highest BCUT2D eigenvalue weighted by Gasteiger charge is 2.40. The van der Waals surface area contributed by atoms with Gasteiger partial charge in [0, 0.05) is 17.1 Å². The van der Waals surface area contributed by atoms with E-state index in [1.807, 2.05) is 63.2 Å². The number of hydrogen-bond donors (Lipinski definition) is 0. The summed E-state index contributed by atoms with van der Waals surface area (Å²) >= 11 is 1.20. The van der Waals surface area contributed by atoms with Gasteiger partial charge in [-0.25, -0.2) is 0 Å². The van der Waals surface area contributed by atoms with Crippen molar-refractivity contribution in [2.75, 3.05) is 14.2 Å². The first-order chi connectivity index (χ1) is 13.2. The van der Waals surface area contributed by atoms with Crippen molar-refractivity contribution in [2.45, 2.75) is 37.9 Å². The van der Waals surface area contributed by atoms with E-state index in [9.17, 15) is 14.4 Å². The monoisotopic (exact) mass is 402 g/mol. The highest BCUT2D eigenvalue weighted by atomic mass is 32.2. The minimum Gasteiger partial charge on any atom is -0.468 e. The molecule has 5 nitrogen and oxygen atoms in total. The molecule has 0 unspecified atom stereocenters. The molecule has 0 bridgehead atoms. The molecule has 0 aromatic heterocycles. The van der Waals surface area contributed by atoms with Gasteiger partial charge in [-0.1, -0.05) is 75.0 Å². The summed E-state index contributed by atoms with van der Waals surface area (Å²) < 4.78 is 9.48. The number of fused-ring (bicyclic) bond motifs is 1. The topological polar surface area (TPSA) is 69.7 Å². The van der Waals surface area contributed by atoms with Gasteiger partial charge >= 0.3 is 11.9 Å². The number of rotatable bonds is 6. The summed E-state index contributed by atoms with van der Waals surface area (Å²) in [5, 5.41) is 1.76. The van der Waals surface area contributed by atoms with Crippen LogP contribution in [0.5, 0.6) is 0 Å². The van der Waals surface area contributed by atoms with Gasteiger partial charge in [0.05, 0.1) is 14.2 Å². The molecule has 0 aliphatic rings. The average molecular weight is 403 g/mol. The van der Waals surface area contributed by atoms with Crippen molar-refractivity contribution < 1.29 is 23.9 Å². The predicted octanol–water partition coefficient (Wildman–Crippen LogP) is 4.33. The Hall–Kier alpha value is -2.34. The molecular weight excluding hydrogens is 376 g/mol. The number of esters is 2. The molecule has 0 spiro atoms. The second kappa shape index (κ2) is 9.24. The number of ether oxygens (including phenoxy) is 2. The van der Waals surface area contributed by atoms with Crippen LogP contribution in [0.25, 0.3) is 10.8 Å². The van der Waals surface area contributed by atoms with E-state index in [0.717, 1.165) is 16.3 Å². The fourth-order valence-corrected chi connectivity index (χ4v) is 4.17. The van der Waals surface area contributed by atoms with Crippen molar-refractivity contribution in [3.8, 4) is 0 Å². The summed E-state index contributed by atoms with van der Waals surface area (Å²) in [4.78, 5) is 37.7. The summed E-state index contributed by atoms with van der Waals surface area (Å²) in [5.74, 6) is -3.32. The summed E-state index contributed by atoms with van der Waals surface area (Å²) in [5.41, 5.74) is 0.752. The number of carbonyl (C=O) groups excluding carboxylic acids is 3. The van der Waals surface area contributed by atoms with Gasteiger partial charge in [-0.2, -0.15) is 0 Å². The normalized spacial score (nSPS) is 12.6. The van der Waals surface area contributed by atoms with Gasteiger partial charge in [-0.05, 0) is 16.3 Å². The molecule has 0 aliphatic heterocycles. The van der Waals surface area contributed by atoms with Crippen molar-refractivity contribution in [2.24, 2.45) is 5.92 Å². The first kappa shape index (κ1) is 22.0. The first-order valence-corrected chi connectivity index (χ1v) is 9.84. The van der Waals surface area contributed by atoms with E-state index in [-0.39, 0.29) is 16.3 Å². The van der Waals surface area contributed by atoms with Crippen molar-refractivity contribution in [1.82, 2.24) is 0 Å². The second-order valence-electron chi connectivity index (χ2n) is 7.49. The molecule has 2 rings (SSSR count). The quantitative estimate of drug-likeness (QED) is 0.529. The molecule has 0 N–H and O–H groups in total. The van der Waals surface area contributed by atoms with E-state index >= 15 is 0 Å². The fourth-order valence-electron chi connectivity index (χ4n) is 3.22. The third-order valence-electron chi connectivity index (χ3n) is 4.34. The molecule has 0 saturated carbocycles. The van der Waals surface area contributed by atoms with Crippen molar-refractivity contribution in [3.05, 3.63) is 48.0 Å². The minimum atomic E-state index is -1.22. The number of hydrogen-bond acceptors (Lipinski definition) is 6. The van der Waals surface area contributed by atoms with Crippen LogP contribution in [0.2, 0.25) is 0 Å². The van der Waals surface area contributed by atoms with Crippen molar-refractivity contribution in [3.63, 3.8) is 0 Å². The van der Waals surface area contributed by atoms with Gasteiger partial charge in [-0.15, -0.1) is 0 Å². The molecule has 1 atom stereocenters. The Labute approximate surface area is 169 Å². The highest BCUT2D eigenvalue weighted by Crippen LogP contribution is 2.38. The lowest BCUT2D eigenvalue weighted by atomic mass is 9.81. The van der Waals surface area contributed by atoms with Crippen LogP contribution in [0.15, 0.2) is 42.5 Å². The molecular formula is C22H26O5S. The van der Waals surface area contributed by atoms with Crippen LogP contribution < -0.4 is 0 Å². The molecule has 0 saturated heterocycles. The largest absolute Gasteiger partial charge is 0.468 e. The highest BCUT2D eigenvalue weighted by molar-refractivity contribution is 8.14. The zero-order valence-electron chi connectivity index (χ0n) is 16.9. The summed E-state index contributed by atoms with van der Waals surface area (Å²) in [7, 11) is 2.45. The Balaban J connectivity index is 2.58. The lowest BCUT2D eigenvalue weighted by Crippen LogP contribution is -2.33. The van der Waals surface area contributed by atoms with Crippen LogP contribution in [0.4, 0.5) is 0 Å². The van der Waals surface area contributed by atoms with Crippen LogP contribution in [0.1, 0.15) is 38.7 Å². The summed E-state index contributed by atoms with van der Waals surface area (Å²) in [6, 6.07) is 13.3. The Kier molecular flexibility index (Phi) is 7.24. The van der Waals surface area contributed by atoms with E-state index in [4.69, 9.17) is 9.47 Å². The molecule has 2 aromatic rings. The average Bonchev–Trinajstić information content (AvgIpc) is 2.65. The Bertz CT molecular complexity index is 847. The van der Waals surface area contributed by atoms with E-state index in [0.29, 0.717) is 0 Å². The van der Waals surface area contributed by atoms with Crippen molar-refractivity contribution >= 4 is 39.6 Å². The summed E-state index contributed by atoms with van der Waals surface area (Å²) in [6.45, 7) is 5.84. The second-order valence-corrected chi connectivity index (χ2v) is 9.37. The number of carbonyl (C=O) groups is 3. The minimum absolute atomic E-state index is 0.0187. The number of benzene rings is 2. The summed E-state index contributed by atoms with van der Waals surface area (Å²) in [6.07, 6.45) is 0.0187. The predicted molar refractivity (Wildman–Crippen MR) is 111 cm³/mol. The molecule has 0 radical (unpaired) electrons. The van der Waals surface area contributed by atoms with Gasteiger partial charge in [-0.3, -0.25) is 14.4 Å². The van der Waals surface area contributed by atoms with Gasteiger partial charge in [0.2, 0.25) is 0 Å². The standard InChI is InChI=1S/C22H26O5S/c1-22(2,3)28-18(23)13-17(19(20(24)26-4)21(25)27-5)16-12-8-10-14-9-6-7-11-15(14)16/h6-12,17,19H,13H2,1-5H3/t17-/m0/s1. The third kappa shape index (κ3) is 5.35. The molecule has 6 heteroatoms. The van der Waals surface area contributed by atoms with Gasteiger partial charge in [0.1, 0.15) is 0 Å². The van der Waals surface area contributed by atoms with E-state index in [1.165, 1.54) is 26.0 Å². The third-order valence-corrected chi connectivity index (χ3v) is 5.35. The smallest absolute Gasteiger partial charge is 0.320 e. The zero-order chi connectivity index (χ0) is 20.9. The zero-order valence-corrected chi connectivity index (χ0v) is 17.7. The molecule has 0 aliphatic carbocycles. The molecule has 2 aromatic carbocycles. The van der Waals surface area contributed by atoms with E-state index < -0.39 is 23.8 Å². The molecule has 0 amide bonds. The fraction of sp³-hybridized carbons (Fsp3) is 0.409. The molecule has 28 heavy (non-hydrogen) atoms. The van der Waals surface area contributed by atoms with Crippen LogP contribution in [0, 0.1) is 5.92 Å². The SMILES string of the molecule is COC(=O)C(C(=O)OC)[C@@H](CC(=O)SC(C)(C)C)c1cccc2ccccc12. The number of thioether (sulfide) groups is 1. The van der Waals surface area contributed by atoms with Crippen LogP contribution in [0.3, 0.4) is 0 Å². The maximum atomic E-state index is 12.8. The van der Waals surface area contributed by atoms with Gasteiger partial charge in [0.15, 0.2) is 11.0 Å². The van der Waals surface area contributed by atoms with Gasteiger partial charge < -0.3 is 9.47 Å². The molecule has 0 heterocycles. The van der Waals surface area contributed by atoms with Crippen molar-refractivity contribution in [1.29, 1.82) is 0 Å².